The average molecular weight is 367 g/mol. The molecule has 2 aliphatic rings. The molecule has 0 aliphatic heterocycles. The van der Waals surface area contributed by atoms with Gasteiger partial charge in [-0.2, -0.15) is 0 Å². The van der Waals surface area contributed by atoms with E-state index in [0.717, 1.165) is 31.2 Å². The van der Waals surface area contributed by atoms with Crippen molar-refractivity contribution in [3.63, 3.8) is 0 Å². The quantitative estimate of drug-likeness (QED) is 0.821. The lowest BCUT2D eigenvalue weighted by molar-refractivity contribution is -0.121. The first-order valence-corrected chi connectivity index (χ1v) is 9.75. The molecule has 2 N–H and O–H groups in total. The molecule has 0 bridgehead atoms. The Bertz CT molecular complexity index is 817. The standard InChI is InChI=1S/C21H25N3O3/c1-2-6-19(25)22-15-9-14-10-18(16(14)11-15)23-21(26)17-12-27-24-20(17)13-7-4-3-5-8-13/h3-5,7-8,12,14-16,18H,2,6,9-11H2,1H3,(H,22,25)(H,23,26)/t14-,15+,16-,18+/m0/s1. The first-order chi connectivity index (χ1) is 13.2. The van der Waals surface area contributed by atoms with Crippen molar-refractivity contribution in [1.29, 1.82) is 0 Å². The first kappa shape index (κ1) is 17.8. The molecule has 2 saturated carbocycles. The Balaban J connectivity index is 1.36. The highest BCUT2D eigenvalue weighted by Gasteiger charge is 2.48. The number of carbonyl (C=O) groups excluding carboxylic acids is 2. The highest BCUT2D eigenvalue weighted by molar-refractivity contribution is 5.99. The van der Waals surface area contributed by atoms with Gasteiger partial charge >= 0.3 is 0 Å². The van der Waals surface area contributed by atoms with Crippen LogP contribution >= 0.6 is 0 Å². The molecule has 1 aromatic carbocycles. The molecule has 6 heteroatoms. The first-order valence-electron chi connectivity index (χ1n) is 9.75. The zero-order valence-corrected chi connectivity index (χ0v) is 15.5. The van der Waals surface area contributed by atoms with Gasteiger partial charge in [-0.05, 0) is 37.5 Å². The maximum absolute atomic E-state index is 12.8. The summed E-state index contributed by atoms with van der Waals surface area (Å²) in [5, 5.41) is 10.3. The molecule has 0 radical (unpaired) electrons. The molecule has 27 heavy (non-hydrogen) atoms. The Kier molecular flexibility index (Phi) is 4.97. The van der Waals surface area contributed by atoms with Gasteiger partial charge < -0.3 is 15.2 Å². The van der Waals surface area contributed by atoms with Crippen molar-refractivity contribution >= 4 is 11.8 Å². The summed E-state index contributed by atoms with van der Waals surface area (Å²) < 4.78 is 5.07. The van der Waals surface area contributed by atoms with E-state index >= 15 is 0 Å². The molecule has 4 atom stereocenters. The lowest BCUT2D eigenvalue weighted by Gasteiger charge is -2.40. The van der Waals surface area contributed by atoms with Gasteiger partial charge in [0, 0.05) is 24.1 Å². The van der Waals surface area contributed by atoms with Crippen LogP contribution in [0.4, 0.5) is 0 Å². The van der Waals surface area contributed by atoms with Gasteiger partial charge in [-0.3, -0.25) is 9.59 Å². The summed E-state index contributed by atoms with van der Waals surface area (Å²) in [5.41, 5.74) is 1.90. The van der Waals surface area contributed by atoms with E-state index in [1.807, 2.05) is 37.3 Å². The van der Waals surface area contributed by atoms with E-state index < -0.39 is 0 Å². The minimum Gasteiger partial charge on any atom is -0.363 e. The summed E-state index contributed by atoms with van der Waals surface area (Å²) in [6.45, 7) is 2.01. The van der Waals surface area contributed by atoms with Gasteiger partial charge in [-0.1, -0.05) is 42.4 Å². The molecule has 2 aromatic rings. The molecule has 2 fully saturated rings. The summed E-state index contributed by atoms with van der Waals surface area (Å²) in [5.74, 6) is 1.04. The molecule has 0 unspecified atom stereocenters. The highest BCUT2D eigenvalue weighted by atomic mass is 16.5. The zero-order chi connectivity index (χ0) is 18.8. The third-order valence-corrected chi connectivity index (χ3v) is 5.84. The van der Waals surface area contributed by atoms with Crippen LogP contribution in [0.3, 0.4) is 0 Å². The number of carbonyl (C=O) groups is 2. The van der Waals surface area contributed by atoms with Crippen molar-refractivity contribution in [1.82, 2.24) is 15.8 Å². The third kappa shape index (κ3) is 3.61. The van der Waals surface area contributed by atoms with Crippen LogP contribution in [0.25, 0.3) is 11.3 Å². The number of hydrogen-bond acceptors (Lipinski definition) is 4. The number of rotatable bonds is 6. The number of nitrogens with one attached hydrogen (secondary N) is 2. The van der Waals surface area contributed by atoms with Crippen molar-refractivity contribution < 1.29 is 14.1 Å². The second kappa shape index (κ2) is 7.55. The smallest absolute Gasteiger partial charge is 0.257 e. The molecule has 4 rings (SSSR count). The molecule has 1 aromatic heterocycles. The van der Waals surface area contributed by atoms with Crippen LogP contribution in [-0.2, 0) is 4.79 Å². The summed E-state index contributed by atoms with van der Waals surface area (Å²) in [6.07, 6.45) is 5.81. The van der Waals surface area contributed by atoms with Crippen LogP contribution in [0.2, 0.25) is 0 Å². The van der Waals surface area contributed by atoms with E-state index in [1.165, 1.54) is 6.26 Å². The Morgan fingerprint density at radius 3 is 2.74 bits per heavy atom. The molecular weight excluding hydrogens is 342 g/mol. The van der Waals surface area contributed by atoms with Crippen molar-refractivity contribution in [3.05, 3.63) is 42.2 Å². The van der Waals surface area contributed by atoms with E-state index in [4.69, 9.17) is 4.52 Å². The summed E-state index contributed by atoms with van der Waals surface area (Å²) in [6, 6.07) is 9.98. The van der Waals surface area contributed by atoms with Crippen LogP contribution in [0.1, 0.15) is 49.4 Å². The maximum Gasteiger partial charge on any atom is 0.257 e. The lowest BCUT2D eigenvalue weighted by atomic mass is 9.71. The van der Waals surface area contributed by atoms with Gasteiger partial charge in [0.15, 0.2) is 0 Å². The van der Waals surface area contributed by atoms with Gasteiger partial charge in [0.2, 0.25) is 5.91 Å². The largest absolute Gasteiger partial charge is 0.363 e. The number of hydrogen-bond donors (Lipinski definition) is 2. The maximum atomic E-state index is 12.8. The van der Waals surface area contributed by atoms with E-state index in [1.54, 1.807) is 0 Å². The summed E-state index contributed by atoms with van der Waals surface area (Å²) in [7, 11) is 0. The van der Waals surface area contributed by atoms with Crippen LogP contribution in [-0.4, -0.2) is 29.1 Å². The van der Waals surface area contributed by atoms with Crippen LogP contribution in [0.15, 0.2) is 41.1 Å². The highest BCUT2D eigenvalue weighted by Crippen LogP contribution is 2.47. The van der Waals surface area contributed by atoms with Gasteiger partial charge in [-0.15, -0.1) is 0 Å². The Morgan fingerprint density at radius 2 is 1.96 bits per heavy atom. The van der Waals surface area contributed by atoms with Crippen molar-refractivity contribution in [2.45, 2.75) is 51.1 Å². The molecule has 1 heterocycles. The Morgan fingerprint density at radius 1 is 1.15 bits per heavy atom. The Hall–Kier alpha value is -2.63. The minimum atomic E-state index is -0.142. The normalized spacial score (nSPS) is 26.1. The molecular formula is C21H25N3O3. The van der Waals surface area contributed by atoms with Crippen molar-refractivity contribution in [2.75, 3.05) is 0 Å². The van der Waals surface area contributed by atoms with Crippen LogP contribution in [0.5, 0.6) is 0 Å². The number of benzene rings is 1. The number of aromatic nitrogens is 1. The van der Waals surface area contributed by atoms with E-state index in [2.05, 4.69) is 15.8 Å². The van der Waals surface area contributed by atoms with Gasteiger partial charge in [-0.25, -0.2) is 0 Å². The molecule has 6 nitrogen and oxygen atoms in total. The van der Waals surface area contributed by atoms with Crippen LogP contribution < -0.4 is 10.6 Å². The van der Waals surface area contributed by atoms with Crippen molar-refractivity contribution in [3.8, 4) is 11.3 Å². The fraction of sp³-hybridized carbons (Fsp3) is 0.476. The van der Waals surface area contributed by atoms with Gasteiger partial charge in [0.25, 0.3) is 5.91 Å². The van der Waals surface area contributed by atoms with Gasteiger partial charge in [0.1, 0.15) is 17.5 Å². The molecule has 142 valence electrons. The average Bonchev–Trinajstić information content (AvgIpc) is 3.26. The number of nitrogens with zero attached hydrogens (tertiary/aromatic N) is 1. The van der Waals surface area contributed by atoms with Crippen molar-refractivity contribution in [2.24, 2.45) is 11.8 Å². The van der Waals surface area contributed by atoms with Crippen LogP contribution in [0, 0.1) is 11.8 Å². The minimum absolute atomic E-state index is 0.140. The second-order valence-corrected chi connectivity index (χ2v) is 7.67. The third-order valence-electron chi connectivity index (χ3n) is 5.84. The number of amides is 2. The topological polar surface area (TPSA) is 84.2 Å². The van der Waals surface area contributed by atoms with Gasteiger partial charge in [0.05, 0.1) is 0 Å². The van der Waals surface area contributed by atoms with E-state index in [0.29, 0.717) is 29.5 Å². The molecule has 2 aliphatic carbocycles. The fourth-order valence-electron chi connectivity index (χ4n) is 4.49. The molecule has 0 spiro atoms. The molecule has 2 amide bonds. The monoisotopic (exact) mass is 367 g/mol. The Labute approximate surface area is 158 Å². The SMILES string of the molecule is CCCC(=O)N[C@@H]1C[C@H]2C[C@@H](NC(=O)c3conc3-c3ccccc3)[C@H]2C1. The summed E-state index contributed by atoms with van der Waals surface area (Å²) in [4.78, 5) is 24.6. The van der Waals surface area contributed by atoms with E-state index in [-0.39, 0.29) is 23.9 Å². The summed E-state index contributed by atoms with van der Waals surface area (Å²) >= 11 is 0. The van der Waals surface area contributed by atoms with E-state index in [9.17, 15) is 9.59 Å². The zero-order valence-electron chi connectivity index (χ0n) is 15.5. The predicted molar refractivity (Wildman–Crippen MR) is 101 cm³/mol. The predicted octanol–water partition coefficient (Wildman–Crippen LogP) is 3.15. The number of fused-ring (bicyclic) bond motifs is 1. The fourth-order valence-corrected chi connectivity index (χ4v) is 4.49. The second-order valence-electron chi connectivity index (χ2n) is 7.67. The molecule has 0 saturated heterocycles. The lowest BCUT2D eigenvalue weighted by Crippen LogP contribution is -2.50.